The molecule has 1 aliphatic heterocycles. The Kier molecular flexibility index (Phi) is 11.4. The monoisotopic (exact) mass is 471 g/mol. The molecule has 0 aliphatic carbocycles. The van der Waals surface area contributed by atoms with Gasteiger partial charge in [0.1, 0.15) is 12.7 Å². The molecular weight excluding hydrogens is 445 g/mol. The highest BCUT2D eigenvalue weighted by Gasteiger charge is 2.53. The van der Waals surface area contributed by atoms with Crippen molar-refractivity contribution in [1.82, 2.24) is 4.90 Å². The summed E-state index contributed by atoms with van der Waals surface area (Å²) >= 11 is 11.8. The fourth-order valence-electron chi connectivity index (χ4n) is 3.08. The molecule has 0 N–H and O–H groups in total. The molecule has 12 heteroatoms. The van der Waals surface area contributed by atoms with Gasteiger partial charge in [-0.1, -0.05) is 0 Å². The third-order valence-corrected chi connectivity index (χ3v) is 4.41. The van der Waals surface area contributed by atoms with Gasteiger partial charge < -0.3 is 23.7 Å². The van der Waals surface area contributed by atoms with Crippen molar-refractivity contribution in [1.29, 1.82) is 0 Å². The molecule has 0 aromatic carbocycles. The van der Waals surface area contributed by atoms with Gasteiger partial charge in [0.25, 0.3) is 0 Å². The minimum absolute atomic E-state index is 0.212. The summed E-state index contributed by atoms with van der Waals surface area (Å²) in [6, 6.07) is 0. The number of ether oxygens (including phenoxy) is 5. The Morgan fingerprint density at radius 3 is 1.67 bits per heavy atom. The summed E-state index contributed by atoms with van der Waals surface area (Å²) < 4.78 is 27.2. The predicted octanol–water partition coefficient (Wildman–Crippen LogP) is 0.849. The van der Waals surface area contributed by atoms with Gasteiger partial charge in [-0.2, -0.15) is 0 Å². The van der Waals surface area contributed by atoms with Crippen LogP contribution < -0.4 is 0 Å². The molecule has 10 nitrogen and oxygen atoms in total. The molecule has 0 radical (unpaired) electrons. The van der Waals surface area contributed by atoms with E-state index in [1.54, 1.807) is 4.90 Å². The summed E-state index contributed by atoms with van der Waals surface area (Å²) in [7, 11) is 0. The minimum Gasteiger partial charge on any atom is -0.463 e. The molecule has 0 saturated carbocycles. The maximum atomic E-state index is 11.8. The SMILES string of the molecule is CC(=O)OC[C@H]1O[C@@H](N(CCCl)CCCl)[C@@H](OC(C)=O)[C@@H](OC(C)=O)[C@@H]1OC(C)=O. The van der Waals surface area contributed by atoms with Crippen molar-refractivity contribution in [2.45, 2.75) is 58.3 Å². The van der Waals surface area contributed by atoms with Gasteiger partial charge in [0.05, 0.1) is 0 Å². The Balaban J connectivity index is 3.41. The van der Waals surface area contributed by atoms with Crippen LogP contribution in [0.25, 0.3) is 0 Å². The quantitative estimate of drug-likeness (QED) is 0.257. The molecular formula is C18H27Cl2NO9. The van der Waals surface area contributed by atoms with E-state index in [2.05, 4.69) is 0 Å². The summed E-state index contributed by atoms with van der Waals surface area (Å²) in [5, 5.41) is 0. The van der Waals surface area contributed by atoms with E-state index in [-0.39, 0.29) is 18.4 Å². The van der Waals surface area contributed by atoms with Crippen LogP contribution in [0, 0.1) is 0 Å². The van der Waals surface area contributed by atoms with Crippen LogP contribution in [0.1, 0.15) is 27.7 Å². The van der Waals surface area contributed by atoms with Crippen molar-refractivity contribution >= 4 is 47.1 Å². The largest absolute Gasteiger partial charge is 0.463 e. The highest BCUT2D eigenvalue weighted by atomic mass is 35.5. The molecule has 1 heterocycles. The van der Waals surface area contributed by atoms with Gasteiger partial charge in [-0.3, -0.25) is 24.1 Å². The number of carbonyl (C=O) groups excluding carboxylic acids is 4. The van der Waals surface area contributed by atoms with Crippen molar-refractivity contribution in [3.8, 4) is 0 Å². The Morgan fingerprint density at radius 1 is 0.767 bits per heavy atom. The van der Waals surface area contributed by atoms with Gasteiger partial charge in [-0.25, -0.2) is 0 Å². The van der Waals surface area contributed by atoms with E-state index in [1.165, 1.54) is 13.8 Å². The lowest BCUT2D eigenvalue weighted by Crippen LogP contribution is -2.66. The van der Waals surface area contributed by atoms with Gasteiger partial charge >= 0.3 is 23.9 Å². The molecule has 0 unspecified atom stereocenters. The summed E-state index contributed by atoms with van der Waals surface area (Å²) in [5.41, 5.74) is 0. The van der Waals surface area contributed by atoms with Crippen molar-refractivity contribution < 1.29 is 42.9 Å². The number of esters is 4. The highest BCUT2D eigenvalue weighted by molar-refractivity contribution is 6.18. The number of nitrogens with zero attached hydrogens (tertiary/aromatic N) is 1. The van der Waals surface area contributed by atoms with Crippen LogP contribution in [0.15, 0.2) is 0 Å². The minimum atomic E-state index is -1.22. The number of hydrogen-bond donors (Lipinski definition) is 0. The van der Waals surface area contributed by atoms with Crippen molar-refractivity contribution in [2.24, 2.45) is 0 Å². The topological polar surface area (TPSA) is 118 Å². The van der Waals surface area contributed by atoms with Gasteiger partial charge in [0.2, 0.25) is 0 Å². The molecule has 172 valence electrons. The number of rotatable bonds is 10. The second kappa shape index (κ2) is 12.9. The molecule has 30 heavy (non-hydrogen) atoms. The van der Waals surface area contributed by atoms with E-state index in [0.717, 1.165) is 13.8 Å². The Bertz CT molecular complexity index is 612. The molecule has 1 aliphatic rings. The van der Waals surface area contributed by atoms with Crippen LogP contribution in [-0.2, 0) is 42.9 Å². The molecule has 0 amide bonds. The number of carbonyl (C=O) groups is 4. The van der Waals surface area contributed by atoms with E-state index in [1.807, 2.05) is 0 Å². The Hall–Kier alpha value is -1.62. The Morgan fingerprint density at radius 2 is 1.23 bits per heavy atom. The third-order valence-electron chi connectivity index (χ3n) is 4.07. The van der Waals surface area contributed by atoms with E-state index >= 15 is 0 Å². The molecule has 0 spiro atoms. The predicted molar refractivity (Wildman–Crippen MR) is 105 cm³/mol. The van der Waals surface area contributed by atoms with Crippen LogP contribution in [0.5, 0.6) is 0 Å². The van der Waals surface area contributed by atoms with Crippen LogP contribution in [-0.4, -0.2) is 90.9 Å². The molecule has 5 atom stereocenters. The average molecular weight is 472 g/mol. The smallest absolute Gasteiger partial charge is 0.303 e. The van der Waals surface area contributed by atoms with Crippen LogP contribution in [0.2, 0.25) is 0 Å². The first kappa shape index (κ1) is 26.4. The fraction of sp³-hybridized carbons (Fsp3) is 0.778. The van der Waals surface area contributed by atoms with Gasteiger partial charge in [0.15, 0.2) is 24.5 Å². The summed E-state index contributed by atoms with van der Waals surface area (Å²) in [6.45, 7) is 5.04. The first-order chi connectivity index (χ1) is 14.1. The zero-order valence-electron chi connectivity index (χ0n) is 17.3. The fourth-order valence-corrected chi connectivity index (χ4v) is 3.52. The highest BCUT2D eigenvalue weighted by Crippen LogP contribution is 2.31. The summed E-state index contributed by atoms with van der Waals surface area (Å²) in [6.07, 6.45) is -5.53. The first-order valence-corrected chi connectivity index (χ1v) is 10.3. The third kappa shape index (κ3) is 8.25. The molecule has 1 fully saturated rings. The van der Waals surface area contributed by atoms with Gasteiger partial charge in [-0.05, 0) is 0 Å². The number of halogens is 2. The van der Waals surface area contributed by atoms with Crippen LogP contribution in [0.3, 0.4) is 0 Å². The maximum absolute atomic E-state index is 11.8. The zero-order valence-corrected chi connectivity index (χ0v) is 18.8. The summed E-state index contributed by atoms with van der Waals surface area (Å²) in [5.74, 6) is -2.20. The molecule has 1 rings (SSSR count). The van der Waals surface area contributed by atoms with Crippen molar-refractivity contribution in [3.63, 3.8) is 0 Å². The molecule has 0 aromatic rings. The lowest BCUT2D eigenvalue weighted by atomic mass is 9.96. The lowest BCUT2D eigenvalue weighted by molar-refractivity contribution is -0.277. The zero-order chi connectivity index (χ0) is 22.8. The van der Waals surface area contributed by atoms with E-state index in [4.69, 9.17) is 46.9 Å². The van der Waals surface area contributed by atoms with E-state index in [9.17, 15) is 19.2 Å². The van der Waals surface area contributed by atoms with Gasteiger partial charge in [0, 0.05) is 52.5 Å². The van der Waals surface area contributed by atoms with E-state index in [0.29, 0.717) is 13.1 Å². The second-order valence-corrected chi connectivity index (χ2v) is 7.26. The average Bonchev–Trinajstić information content (AvgIpc) is 2.62. The van der Waals surface area contributed by atoms with E-state index < -0.39 is 54.5 Å². The van der Waals surface area contributed by atoms with Crippen molar-refractivity contribution in [2.75, 3.05) is 31.5 Å². The second-order valence-electron chi connectivity index (χ2n) is 6.50. The normalized spacial score (nSPS) is 26.0. The summed E-state index contributed by atoms with van der Waals surface area (Å²) in [4.78, 5) is 48.3. The number of hydrogen-bond acceptors (Lipinski definition) is 10. The number of alkyl halides is 2. The molecule has 0 aromatic heterocycles. The van der Waals surface area contributed by atoms with Gasteiger partial charge in [-0.15, -0.1) is 23.2 Å². The van der Waals surface area contributed by atoms with Crippen LogP contribution >= 0.6 is 23.2 Å². The first-order valence-electron chi connectivity index (χ1n) is 9.27. The Labute approximate surface area is 185 Å². The molecule has 1 saturated heterocycles. The standard InChI is InChI=1S/C18H27Cl2NO9/c1-10(22)26-9-14-15(27-11(2)23)16(28-12(3)24)17(29-13(4)25)18(30-14)21(7-5-19)8-6-20/h14-18H,5-9H2,1-4H3/t14-,15-,16+,17+,18-/m1/s1. The maximum Gasteiger partial charge on any atom is 0.303 e. The van der Waals surface area contributed by atoms with Crippen LogP contribution in [0.4, 0.5) is 0 Å². The van der Waals surface area contributed by atoms with Crippen molar-refractivity contribution in [3.05, 3.63) is 0 Å². The lowest BCUT2D eigenvalue weighted by Gasteiger charge is -2.47. The molecule has 0 bridgehead atoms.